The molecule has 0 radical (unpaired) electrons. The van der Waals surface area contributed by atoms with E-state index in [0.29, 0.717) is 18.9 Å². The third-order valence-corrected chi connectivity index (χ3v) is 3.92. The first-order valence-corrected chi connectivity index (χ1v) is 8.21. The lowest BCUT2D eigenvalue weighted by atomic mass is 9.88. The number of carbonyl (C=O) groups excluding carboxylic acids is 2. The Morgan fingerprint density at radius 2 is 2.09 bits per heavy atom. The molecule has 0 bridgehead atoms. The van der Waals surface area contributed by atoms with Crippen molar-refractivity contribution in [2.24, 2.45) is 11.8 Å². The molecule has 1 aliphatic heterocycles. The summed E-state index contributed by atoms with van der Waals surface area (Å²) in [5.74, 6) is 0.443. The Hall–Kier alpha value is -1.36. The maximum atomic E-state index is 12.0. The number of nitrogens with one attached hydrogen (secondary N) is 2. The van der Waals surface area contributed by atoms with Crippen LogP contribution in [0.2, 0.25) is 0 Å². The molecule has 1 aliphatic rings. The van der Waals surface area contributed by atoms with Gasteiger partial charge in [0, 0.05) is 19.0 Å². The van der Waals surface area contributed by atoms with E-state index in [1.807, 2.05) is 19.9 Å². The van der Waals surface area contributed by atoms with Crippen molar-refractivity contribution >= 4 is 11.9 Å². The van der Waals surface area contributed by atoms with Crippen LogP contribution in [-0.2, 0) is 14.3 Å². The summed E-state index contributed by atoms with van der Waals surface area (Å²) in [6, 6.07) is -0.232. The van der Waals surface area contributed by atoms with Gasteiger partial charge in [0.1, 0.15) is 6.04 Å². The second-order valence-corrected chi connectivity index (χ2v) is 6.36. The van der Waals surface area contributed by atoms with E-state index in [-0.39, 0.29) is 35.9 Å². The van der Waals surface area contributed by atoms with Crippen molar-refractivity contribution in [3.63, 3.8) is 0 Å². The van der Waals surface area contributed by atoms with Crippen LogP contribution in [0.3, 0.4) is 0 Å². The Balaban J connectivity index is 2.89. The predicted octanol–water partition coefficient (Wildman–Crippen LogP) is 2.02. The van der Waals surface area contributed by atoms with E-state index >= 15 is 0 Å². The van der Waals surface area contributed by atoms with Crippen LogP contribution in [0, 0.1) is 11.8 Å². The van der Waals surface area contributed by atoms with Gasteiger partial charge in [0.05, 0.1) is 6.61 Å². The van der Waals surface area contributed by atoms with Crippen LogP contribution >= 0.6 is 0 Å². The average molecular weight is 310 g/mol. The Morgan fingerprint density at radius 1 is 1.41 bits per heavy atom. The third-order valence-electron chi connectivity index (χ3n) is 3.92. The van der Waals surface area contributed by atoms with Gasteiger partial charge in [-0.05, 0) is 38.5 Å². The monoisotopic (exact) mass is 310 g/mol. The summed E-state index contributed by atoms with van der Waals surface area (Å²) in [5, 5.41) is 6.43. The highest BCUT2D eigenvalue weighted by atomic mass is 16.5. The van der Waals surface area contributed by atoms with E-state index in [4.69, 9.17) is 4.74 Å². The van der Waals surface area contributed by atoms with Crippen LogP contribution in [-0.4, -0.2) is 36.6 Å². The van der Waals surface area contributed by atoms with E-state index in [9.17, 15) is 9.59 Å². The quantitative estimate of drug-likeness (QED) is 0.558. The molecule has 5 heteroatoms. The molecule has 22 heavy (non-hydrogen) atoms. The fraction of sp³-hybridized carbons (Fsp3) is 0.765. The maximum Gasteiger partial charge on any atom is 0.323 e. The Morgan fingerprint density at radius 3 is 2.59 bits per heavy atom. The lowest BCUT2D eigenvalue weighted by molar-refractivity contribution is -0.145. The largest absolute Gasteiger partial charge is 0.465 e. The zero-order chi connectivity index (χ0) is 16.7. The van der Waals surface area contributed by atoms with E-state index in [2.05, 4.69) is 30.6 Å². The van der Waals surface area contributed by atoms with Crippen LogP contribution < -0.4 is 10.6 Å². The lowest BCUT2D eigenvalue weighted by Crippen LogP contribution is -2.51. The van der Waals surface area contributed by atoms with Crippen LogP contribution in [0.4, 0.5) is 0 Å². The molecule has 1 saturated heterocycles. The highest BCUT2D eigenvalue weighted by Gasteiger charge is 2.40. The highest BCUT2D eigenvalue weighted by Crippen LogP contribution is 2.27. The number of esters is 1. The summed E-state index contributed by atoms with van der Waals surface area (Å²) in [4.78, 5) is 23.5. The Bertz CT molecular complexity index is 407. The molecule has 126 valence electrons. The molecule has 1 amide bonds. The van der Waals surface area contributed by atoms with Gasteiger partial charge in [-0.2, -0.15) is 0 Å². The van der Waals surface area contributed by atoms with Gasteiger partial charge < -0.3 is 10.1 Å². The molecule has 0 spiro atoms. The van der Waals surface area contributed by atoms with E-state index < -0.39 is 0 Å². The van der Waals surface area contributed by atoms with Gasteiger partial charge in [-0.1, -0.05) is 26.0 Å². The molecule has 0 aliphatic carbocycles. The number of ether oxygens (including phenoxy) is 1. The Kier molecular flexibility index (Phi) is 7.59. The number of carbonyl (C=O) groups is 2. The zero-order valence-electron chi connectivity index (χ0n) is 14.4. The normalized spacial score (nSPS) is 26.4. The first kappa shape index (κ1) is 18.7. The van der Waals surface area contributed by atoms with Gasteiger partial charge >= 0.3 is 5.97 Å². The topological polar surface area (TPSA) is 67.4 Å². The minimum Gasteiger partial charge on any atom is -0.465 e. The molecule has 1 heterocycles. The molecule has 0 saturated carbocycles. The minimum atomic E-state index is -0.297. The fourth-order valence-electron chi connectivity index (χ4n) is 3.17. The van der Waals surface area contributed by atoms with Gasteiger partial charge in [-0.3, -0.25) is 14.9 Å². The summed E-state index contributed by atoms with van der Waals surface area (Å²) >= 11 is 0. The van der Waals surface area contributed by atoms with E-state index in [0.717, 1.165) is 6.42 Å². The van der Waals surface area contributed by atoms with Crippen LogP contribution in [0.5, 0.6) is 0 Å². The standard InChI is InChI=1S/C17H30N2O3/c1-6-8-13-10-15(17(21)22-7-2)19-16(13)14(9-11(3)4)18-12(5)20/h6,8,11,13-16,19H,7,9-10H2,1-5H3,(H,18,20)/t13-,14+,15+,16-/m1/s1. The first-order chi connectivity index (χ1) is 10.4. The molecule has 5 nitrogen and oxygen atoms in total. The maximum absolute atomic E-state index is 12.0. The molecule has 0 aromatic rings. The van der Waals surface area contributed by atoms with Crippen molar-refractivity contribution in [2.45, 2.75) is 65.6 Å². The number of allylic oxidation sites excluding steroid dienone is 1. The SMILES string of the molecule is CC=C[C@@H]1C[C@@H](C(=O)OCC)N[C@H]1[C@H](CC(C)C)NC(C)=O. The number of hydrogen-bond donors (Lipinski definition) is 2. The van der Waals surface area contributed by atoms with Gasteiger partial charge in [0.15, 0.2) is 0 Å². The molecule has 1 rings (SSSR count). The number of rotatable bonds is 7. The highest BCUT2D eigenvalue weighted by molar-refractivity contribution is 5.76. The van der Waals surface area contributed by atoms with E-state index in [1.165, 1.54) is 6.92 Å². The van der Waals surface area contributed by atoms with E-state index in [1.54, 1.807) is 0 Å². The molecular weight excluding hydrogens is 280 g/mol. The third kappa shape index (κ3) is 5.44. The summed E-state index contributed by atoms with van der Waals surface area (Å²) in [6.07, 6.45) is 5.71. The minimum absolute atomic E-state index is 0.0122. The molecule has 2 N–H and O–H groups in total. The van der Waals surface area contributed by atoms with Crippen molar-refractivity contribution in [1.82, 2.24) is 10.6 Å². The second kappa shape index (κ2) is 8.93. The van der Waals surface area contributed by atoms with Crippen molar-refractivity contribution in [1.29, 1.82) is 0 Å². The smallest absolute Gasteiger partial charge is 0.323 e. The number of hydrogen-bond acceptors (Lipinski definition) is 4. The molecule has 4 atom stereocenters. The van der Waals surface area contributed by atoms with Gasteiger partial charge in [-0.25, -0.2) is 0 Å². The molecular formula is C17H30N2O3. The summed E-state index contributed by atoms with van der Waals surface area (Å²) in [7, 11) is 0. The van der Waals surface area contributed by atoms with Gasteiger partial charge in [0.2, 0.25) is 5.91 Å². The molecule has 0 aromatic heterocycles. The number of amides is 1. The molecule has 1 fully saturated rings. The molecule has 0 aromatic carbocycles. The average Bonchev–Trinajstić information content (AvgIpc) is 2.81. The molecule has 0 unspecified atom stereocenters. The van der Waals surface area contributed by atoms with Gasteiger partial charge in [0.25, 0.3) is 0 Å². The first-order valence-electron chi connectivity index (χ1n) is 8.21. The zero-order valence-corrected chi connectivity index (χ0v) is 14.4. The van der Waals surface area contributed by atoms with Crippen molar-refractivity contribution in [2.75, 3.05) is 6.61 Å². The summed E-state index contributed by atoms with van der Waals surface area (Å²) in [6.45, 7) is 9.98. The van der Waals surface area contributed by atoms with Crippen LogP contribution in [0.1, 0.15) is 47.5 Å². The van der Waals surface area contributed by atoms with Crippen molar-refractivity contribution < 1.29 is 14.3 Å². The van der Waals surface area contributed by atoms with Gasteiger partial charge in [-0.15, -0.1) is 0 Å². The summed E-state index contributed by atoms with van der Waals surface area (Å²) < 4.78 is 5.13. The fourth-order valence-corrected chi connectivity index (χ4v) is 3.17. The van der Waals surface area contributed by atoms with Crippen LogP contribution in [0.25, 0.3) is 0 Å². The van der Waals surface area contributed by atoms with Crippen LogP contribution in [0.15, 0.2) is 12.2 Å². The summed E-state index contributed by atoms with van der Waals surface area (Å²) in [5.41, 5.74) is 0. The second-order valence-electron chi connectivity index (χ2n) is 6.36. The lowest BCUT2D eigenvalue weighted by Gasteiger charge is -2.29. The van der Waals surface area contributed by atoms with Crippen molar-refractivity contribution in [3.8, 4) is 0 Å². The Labute approximate surface area is 133 Å². The van der Waals surface area contributed by atoms with Crippen molar-refractivity contribution in [3.05, 3.63) is 12.2 Å². The predicted molar refractivity (Wildman–Crippen MR) is 87.3 cm³/mol.